The summed E-state index contributed by atoms with van der Waals surface area (Å²) < 4.78 is 5.07. The van der Waals surface area contributed by atoms with Gasteiger partial charge in [0, 0.05) is 31.3 Å². The van der Waals surface area contributed by atoms with Crippen molar-refractivity contribution in [1.82, 2.24) is 4.90 Å². The minimum absolute atomic E-state index is 0.104. The fraction of sp³-hybridized carbons (Fsp3) is 0.467. The van der Waals surface area contributed by atoms with Gasteiger partial charge in [0.25, 0.3) is 5.91 Å². The molecular weight excluding hydrogens is 272 g/mol. The molecule has 1 saturated heterocycles. The molecule has 1 heterocycles. The number of hydrogen-bond acceptors (Lipinski definition) is 4. The topological polar surface area (TPSA) is 92.9 Å². The van der Waals surface area contributed by atoms with E-state index in [2.05, 4.69) is 0 Å². The molecule has 1 fully saturated rings. The van der Waals surface area contributed by atoms with Crippen LogP contribution in [-0.2, 0) is 4.79 Å². The Morgan fingerprint density at radius 3 is 2.86 bits per heavy atom. The SMILES string of the molecule is COc1ccc(C(=O)N2CCC(CCC(=O)O)C2)c(N)c1. The molecule has 2 rings (SSSR count). The predicted octanol–water partition coefficient (Wildman–Crippen LogP) is 1.60. The zero-order valence-corrected chi connectivity index (χ0v) is 12.0. The lowest BCUT2D eigenvalue weighted by Crippen LogP contribution is -2.29. The number of amides is 1. The lowest BCUT2D eigenvalue weighted by Gasteiger charge is -2.18. The van der Waals surface area contributed by atoms with Crippen molar-refractivity contribution in [2.45, 2.75) is 19.3 Å². The lowest BCUT2D eigenvalue weighted by molar-refractivity contribution is -0.137. The van der Waals surface area contributed by atoms with Crippen molar-refractivity contribution in [3.8, 4) is 5.75 Å². The van der Waals surface area contributed by atoms with Crippen LogP contribution in [0.3, 0.4) is 0 Å². The maximum absolute atomic E-state index is 12.4. The zero-order chi connectivity index (χ0) is 15.4. The van der Waals surface area contributed by atoms with Gasteiger partial charge in [-0.3, -0.25) is 9.59 Å². The smallest absolute Gasteiger partial charge is 0.303 e. The van der Waals surface area contributed by atoms with Gasteiger partial charge in [-0.05, 0) is 30.9 Å². The molecule has 21 heavy (non-hydrogen) atoms. The normalized spacial score (nSPS) is 17.8. The van der Waals surface area contributed by atoms with E-state index in [9.17, 15) is 9.59 Å². The van der Waals surface area contributed by atoms with E-state index >= 15 is 0 Å². The molecule has 1 aliphatic heterocycles. The van der Waals surface area contributed by atoms with Crippen molar-refractivity contribution in [3.63, 3.8) is 0 Å². The van der Waals surface area contributed by atoms with E-state index in [0.717, 1.165) is 6.42 Å². The van der Waals surface area contributed by atoms with Crippen LogP contribution in [0.25, 0.3) is 0 Å². The number of rotatable bonds is 5. The summed E-state index contributed by atoms with van der Waals surface area (Å²) in [6.07, 6.45) is 1.60. The van der Waals surface area contributed by atoms with Gasteiger partial charge in [-0.2, -0.15) is 0 Å². The number of carbonyl (C=O) groups excluding carboxylic acids is 1. The predicted molar refractivity (Wildman–Crippen MR) is 78.3 cm³/mol. The van der Waals surface area contributed by atoms with Gasteiger partial charge in [-0.25, -0.2) is 0 Å². The second kappa shape index (κ2) is 6.47. The first-order valence-corrected chi connectivity index (χ1v) is 6.96. The highest BCUT2D eigenvalue weighted by atomic mass is 16.5. The number of methoxy groups -OCH3 is 1. The van der Waals surface area contributed by atoms with E-state index in [0.29, 0.717) is 36.5 Å². The molecule has 1 unspecified atom stereocenters. The number of benzene rings is 1. The molecular formula is C15H20N2O4. The number of aliphatic carboxylic acids is 1. The Hall–Kier alpha value is -2.24. The number of anilines is 1. The molecule has 1 aromatic rings. The van der Waals surface area contributed by atoms with Crippen LogP contribution in [0.1, 0.15) is 29.6 Å². The van der Waals surface area contributed by atoms with E-state index < -0.39 is 5.97 Å². The Balaban J connectivity index is 1.99. The highest BCUT2D eigenvalue weighted by molar-refractivity contribution is 5.99. The van der Waals surface area contributed by atoms with Crippen molar-refractivity contribution in [2.24, 2.45) is 5.92 Å². The number of nitrogen functional groups attached to an aromatic ring is 1. The molecule has 1 aliphatic rings. The summed E-state index contributed by atoms with van der Waals surface area (Å²) in [5.74, 6) is -0.0264. The summed E-state index contributed by atoms with van der Waals surface area (Å²) in [5, 5.41) is 8.70. The van der Waals surface area contributed by atoms with Crippen molar-refractivity contribution in [3.05, 3.63) is 23.8 Å². The molecule has 1 atom stereocenters. The van der Waals surface area contributed by atoms with Crippen LogP contribution < -0.4 is 10.5 Å². The fourth-order valence-electron chi connectivity index (χ4n) is 2.61. The maximum Gasteiger partial charge on any atom is 0.303 e. The lowest BCUT2D eigenvalue weighted by atomic mass is 10.0. The first-order valence-electron chi connectivity index (χ1n) is 6.96. The van der Waals surface area contributed by atoms with E-state index in [1.807, 2.05) is 0 Å². The molecule has 6 nitrogen and oxygen atoms in total. The Morgan fingerprint density at radius 2 is 2.24 bits per heavy atom. The van der Waals surface area contributed by atoms with Gasteiger partial charge in [0.2, 0.25) is 0 Å². The monoisotopic (exact) mass is 292 g/mol. The third-order valence-electron chi connectivity index (χ3n) is 3.83. The van der Waals surface area contributed by atoms with Crippen molar-refractivity contribution in [2.75, 3.05) is 25.9 Å². The number of carboxylic acid groups (broad SMARTS) is 1. The van der Waals surface area contributed by atoms with Gasteiger partial charge in [-0.1, -0.05) is 0 Å². The van der Waals surface area contributed by atoms with E-state index in [1.165, 1.54) is 0 Å². The Labute approximate surface area is 123 Å². The number of carboxylic acids is 1. The molecule has 0 aromatic heterocycles. The summed E-state index contributed by atoms with van der Waals surface area (Å²) in [5.41, 5.74) is 6.76. The Morgan fingerprint density at radius 1 is 1.48 bits per heavy atom. The van der Waals surface area contributed by atoms with Gasteiger partial charge in [0.05, 0.1) is 12.7 Å². The second-order valence-electron chi connectivity index (χ2n) is 5.29. The molecule has 0 saturated carbocycles. The molecule has 1 amide bonds. The van der Waals surface area contributed by atoms with Gasteiger partial charge >= 0.3 is 5.97 Å². The van der Waals surface area contributed by atoms with Crippen molar-refractivity contribution in [1.29, 1.82) is 0 Å². The van der Waals surface area contributed by atoms with Gasteiger partial charge in [0.15, 0.2) is 0 Å². The molecule has 6 heteroatoms. The van der Waals surface area contributed by atoms with Crippen molar-refractivity contribution < 1.29 is 19.4 Å². The highest BCUT2D eigenvalue weighted by Crippen LogP contribution is 2.26. The number of nitrogens with zero attached hydrogens (tertiary/aromatic N) is 1. The molecule has 3 N–H and O–H groups in total. The summed E-state index contributed by atoms with van der Waals surface area (Å²) in [4.78, 5) is 24.8. The molecule has 0 spiro atoms. The number of nitrogens with two attached hydrogens (primary N) is 1. The van der Waals surface area contributed by atoms with Gasteiger partial charge < -0.3 is 20.5 Å². The minimum atomic E-state index is -0.792. The summed E-state index contributed by atoms with van der Waals surface area (Å²) in [7, 11) is 1.55. The molecule has 1 aromatic carbocycles. The maximum atomic E-state index is 12.4. The Kier molecular flexibility index (Phi) is 4.67. The Bertz CT molecular complexity index is 544. The molecule has 0 bridgehead atoms. The van der Waals surface area contributed by atoms with Crippen molar-refractivity contribution >= 4 is 17.6 Å². The van der Waals surface area contributed by atoms with Crippen LogP contribution in [0.5, 0.6) is 5.75 Å². The fourth-order valence-corrected chi connectivity index (χ4v) is 2.61. The van der Waals surface area contributed by atoms with Crippen LogP contribution >= 0.6 is 0 Å². The summed E-state index contributed by atoms with van der Waals surface area (Å²) in [6, 6.07) is 5.01. The average molecular weight is 292 g/mol. The van der Waals surface area contributed by atoms with Crippen LogP contribution in [0, 0.1) is 5.92 Å². The van der Waals surface area contributed by atoms with Gasteiger partial charge in [-0.15, -0.1) is 0 Å². The van der Waals surface area contributed by atoms with E-state index in [4.69, 9.17) is 15.6 Å². The third-order valence-corrected chi connectivity index (χ3v) is 3.83. The van der Waals surface area contributed by atoms with Crippen LogP contribution in [-0.4, -0.2) is 42.1 Å². The zero-order valence-electron chi connectivity index (χ0n) is 12.0. The number of ether oxygens (including phenoxy) is 1. The van der Waals surface area contributed by atoms with E-state index in [1.54, 1.807) is 30.2 Å². The number of hydrogen-bond donors (Lipinski definition) is 2. The average Bonchev–Trinajstić information content (AvgIpc) is 2.93. The summed E-state index contributed by atoms with van der Waals surface area (Å²) in [6.45, 7) is 1.24. The van der Waals surface area contributed by atoms with Crippen LogP contribution in [0.15, 0.2) is 18.2 Å². The highest BCUT2D eigenvalue weighted by Gasteiger charge is 2.28. The first kappa shape index (κ1) is 15.2. The third kappa shape index (κ3) is 3.65. The van der Waals surface area contributed by atoms with Crippen LogP contribution in [0.4, 0.5) is 5.69 Å². The standard InChI is InChI=1S/C15H20N2O4/c1-21-11-3-4-12(13(16)8-11)15(20)17-7-6-10(9-17)2-5-14(18)19/h3-4,8,10H,2,5-7,9,16H2,1H3,(H,18,19). The van der Waals surface area contributed by atoms with Gasteiger partial charge in [0.1, 0.15) is 5.75 Å². The first-order chi connectivity index (χ1) is 10.0. The molecule has 0 radical (unpaired) electrons. The number of carbonyl (C=O) groups is 2. The molecule has 0 aliphatic carbocycles. The van der Waals surface area contributed by atoms with Crippen LogP contribution in [0.2, 0.25) is 0 Å². The molecule has 114 valence electrons. The van der Waals surface area contributed by atoms with E-state index in [-0.39, 0.29) is 18.2 Å². The summed E-state index contributed by atoms with van der Waals surface area (Å²) >= 11 is 0. The second-order valence-corrected chi connectivity index (χ2v) is 5.29. The largest absolute Gasteiger partial charge is 0.497 e. The minimum Gasteiger partial charge on any atom is -0.497 e. The quantitative estimate of drug-likeness (QED) is 0.804. The number of likely N-dealkylation sites (tertiary alicyclic amines) is 1.